The van der Waals surface area contributed by atoms with Gasteiger partial charge in [-0.3, -0.25) is 9.59 Å². The molecule has 0 saturated carbocycles. The maximum absolute atomic E-state index is 11.6. The van der Waals surface area contributed by atoms with Crippen molar-refractivity contribution in [3.63, 3.8) is 0 Å². The van der Waals surface area contributed by atoms with Gasteiger partial charge in [0.1, 0.15) is 11.8 Å². The average molecular weight is 190 g/mol. The van der Waals surface area contributed by atoms with E-state index in [0.717, 1.165) is 6.26 Å². The Labute approximate surface area is 78.2 Å². The number of nitrogens with two attached hydrogens (primary N) is 1. The molecule has 0 bridgehead atoms. The average Bonchev–Trinajstić information content (AvgIpc) is 2.18. The molecule has 1 amide bonds. The van der Waals surface area contributed by atoms with Crippen LogP contribution in [-0.4, -0.2) is 10.9 Å². The van der Waals surface area contributed by atoms with Gasteiger partial charge in [-0.05, 0) is 12.1 Å². The summed E-state index contributed by atoms with van der Waals surface area (Å²) in [6.45, 7) is 0. The molecule has 14 heavy (non-hydrogen) atoms. The molecule has 0 aromatic carbocycles. The van der Waals surface area contributed by atoms with Gasteiger partial charge in [0.15, 0.2) is 0 Å². The van der Waals surface area contributed by atoms with Crippen LogP contribution in [0, 0.1) is 0 Å². The molecule has 2 rings (SSSR count). The SMILES string of the molecule is NC(=O)c1coc2ncccc2c1=O. The molecule has 0 saturated heterocycles. The van der Waals surface area contributed by atoms with Crippen LogP contribution in [0.3, 0.4) is 0 Å². The van der Waals surface area contributed by atoms with Gasteiger partial charge in [0.25, 0.3) is 5.91 Å². The Morgan fingerprint density at radius 1 is 1.50 bits per heavy atom. The van der Waals surface area contributed by atoms with Crippen LogP contribution < -0.4 is 11.2 Å². The summed E-state index contributed by atoms with van der Waals surface area (Å²) in [6.07, 6.45) is 2.52. The van der Waals surface area contributed by atoms with Crippen molar-refractivity contribution in [1.82, 2.24) is 4.98 Å². The lowest BCUT2D eigenvalue weighted by molar-refractivity contribution is 0.0997. The lowest BCUT2D eigenvalue weighted by Crippen LogP contribution is -2.21. The molecule has 2 heterocycles. The number of primary amides is 1. The summed E-state index contributed by atoms with van der Waals surface area (Å²) in [6, 6.07) is 3.12. The monoisotopic (exact) mass is 190 g/mol. The molecule has 0 fully saturated rings. The summed E-state index contributed by atoms with van der Waals surface area (Å²) in [4.78, 5) is 26.2. The molecule has 2 aromatic heterocycles. The highest BCUT2D eigenvalue weighted by atomic mass is 16.3. The van der Waals surface area contributed by atoms with Gasteiger partial charge < -0.3 is 10.2 Å². The fraction of sp³-hybridized carbons (Fsp3) is 0. The van der Waals surface area contributed by atoms with Crippen LogP contribution in [0.2, 0.25) is 0 Å². The van der Waals surface area contributed by atoms with Crippen molar-refractivity contribution in [2.75, 3.05) is 0 Å². The number of hydrogen-bond acceptors (Lipinski definition) is 4. The Morgan fingerprint density at radius 2 is 2.29 bits per heavy atom. The number of carbonyl (C=O) groups is 1. The van der Waals surface area contributed by atoms with Crippen molar-refractivity contribution in [3.8, 4) is 0 Å². The Kier molecular flexibility index (Phi) is 1.78. The first-order valence-electron chi connectivity index (χ1n) is 3.86. The fourth-order valence-electron chi connectivity index (χ4n) is 1.14. The number of rotatable bonds is 1. The van der Waals surface area contributed by atoms with E-state index in [2.05, 4.69) is 4.98 Å². The normalized spacial score (nSPS) is 10.3. The Hall–Kier alpha value is -2.17. The van der Waals surface area contributed by atoms with Crippen molar-refractivity contribution < 1.29 is 9.21 Å². The van der Waals surface area contributed by atoms with Gasteiger partial charge in [-0.2, -0.15) is 0 Å². The van der Waals surface area contributed by atoms with E-state index in [-0.39, 0.29) is 16.7 Å². The number of aromatic nitrogens is 1. The third kappa shape index (κ3) is 1.15. The summed E-state index contributed by atoms with van der Waals surface area (Å²) in [5.74, 6) is -0.801. The number of amides is 1. The topological polar surface area (TPSA) is 86.2 Å². The zero-order valence-corrected chi connectivity index (χ0v) is 7.06. The van der Waals surface area contributed by atoms with E-state index in [1.807, 2.05) is 0 Å². The molecule has 2 N–H and O–H groups in total. The van der Waals surface area contributed by atoms with Crippen molar-refractivity contribution >= 4 is 17.0 Å². The summed E-state index contributed by atoms with van der Waals surface area (Å²) in [7, 11) is 0. The van der Waals surface area contributed by atoms with E-state index in [1.54, 1.807) is 6.07 Å². The fourth-order valence-corrected chi connectivity index (χ4v) is 1.14. The van der Waals surface area contributed by atoms with E-state index in [9.17, 15) is 9.59 Å². The van der Waals surface area contributed by atoms with Gasteiger partial charge in [0.2, 0.25) is 11.1 Å². The number of hydrogen-bond donors (Lipinski definition) is 1. The van der Waals surface area contributed by atoms with Crippen molar-refractivity contribution in [1.29, 1.82) is 0 Å². The van der Waals surface area contributed by atoms with Crippen LogP contribution in [0.5, 0.6) is 0 Å². The van der Waals surface area contributed by atoms with Crippen LogP contribution in [0.4, 0.5) is 0 Å². The number of fused-ring (bicyclic) bond motifs is 1. The molecule has 0 radical (unpaired) electrons. The summed E-state index contributed by atoms with van der Waals surface area (Å²) < 4.78 is 4.97. The van der Waals surface area contributed by atoms with E-state index in [0.29, 0.717) is 0 Å². The largest absolute Gasteiger partial charge is 0.445 e. The summed E-state index contributed by atoms with van der Waals surface area (Å²) >= 11 is 0. The van der Waals surface area contributed by atoms with Crippen LogP contribution in [0.25, 0.3) is 11.1 Å². The maximum atomic E-state index is 11.6. The van der Waals surface area contributed by atoms with Crippen LogP contribution >= 0.6 is 0 Å². The first kappa shape index (κ1) is 8.43. The summed E-state index contributed by atoms with van der Waals surface area (Å²) in [5.41, 5.74) is 4.57. The number of nitrogens with zero attached hydrogens (tertiary/aromatic N) is 1. The minimum atomic E-state index is -0.801. The summed E-state index contributed by atoms with van der Waals surface area (Å²) in [5, 5.41) is 0.254. The molecule has 0 aliphatic heterocycles. The second-order valence-corrected chi connectivity index (χ2v) is 2.70. The van der Waals surface area contributed by atoms with E-state index < -0.39 is 11.3 Å². The first-order valence-corrected chi connectivity index (χ1v) is 3.86. The molecule has 0 unspecified atom stereocenters. The smallest absolute Gasteiger partial charge is 0.255 e. The molecule has 0 atom stereocenters. The minimum absolute atomic E-state index is 0.162. The molecule has 0 aliphatic rings. The zero-order chi connectivity index (χ0) is 10.1. The molecule has 0 spiro atoms. The maximum Gasteiger partial charge on any atom is 0.255 e. The Balaban J connectivity index is 2.89. The molecular formula is C9H6N2O3. The van der Waals surface area contributed by atoms with Crippen LogP contribution in [-0.2, 0) is 0 Å². The third-order valence-corrected chi connectivity index (χ3v) is 1.81. The van der Waals surface area contributed by atoms with E-state index in [1.165, 1.54) is 12.3 Å². The van der Waals surface area contributed by atoms with Gasteiger partial charge in [-0.1, -0.05) is 0 Å². The molecule has 70 valence electrons. The quantitative estimate of drug-likeness (QED) is 0.700. The lowest BCUT2D eigenvalue weighted by Gasteiger charge is -1.96. The van der Waals surface area contributed by atoms with Crippen LogP contribution in [0.1, 0.15) is 10.4 Å². The zero-order valence-electron chi connectivity index (χ0n) is 7.06. The van der Waals surface area contributed by atoms with Crippen LogP contribution in [0.15, 0.2) is 33.8 Å². The Bertz CT molecular complexity index is 559. The van der Waals surface area contributed by atoms with Crippen molar-refractivity contribution in [3.05, 3.63) is 40.4 Å². The van der Waals surface area contributed by atoms with Gasteiger partial charge in [0, 0.05) is 6.20 Å². The predicted molar refractivity (Wildman–Crippen MR) is 48.8 cm³/mol. The number of carbonyl (C=O) groups excluding carboxylic acids is 1. The van der Waals surface area contributed by atoms with Gasteiger partial charge >= 0.3 is 0 Å². The van der Waals surface area contributed by atoms with Gasteiger partial charge in [-0.25, -0.2) is 4.98 Å². The second kappa shape index (κ2) is 2.95. The predicted octanol–water partition coefficient (Wildman–Crippen LogP) is 0.287. The molecule has 5 heteroatoms. The highest BCUT2D eigenvalue weighted by Gasteiger charge is 2.10. The highest BCUT2D eigenvalue weighted by Crippen LogP contribution is 2.06. The molecular weight excluding hydrogens is 184 g/mol. The molecule has 2 aromatic rings. The molecule has 0 aliphatic carbocycles. The minimum Gasteiger partial charge on any atom is -0.445 e. The third-order valence-electron chi connectivity index (χ3n) is 1.81. The number of pyridine rings is 1. The lowest BCUT2D eigenvalue weighted by atomic mass is 10.2. The second-order valence-electron chi connectivity index (χ2n) is 2.70. The van der Waals surface area contributed by atoms with Crippen molar-refractivity contribution in [2.24, 2.45) is 5.73 Å². The van der Waals surface area contributed by atoms with Gasteiger partial charge in [0.05, 0.1) is 5.39 Å². The first-order chi connectivity index (χ1) is 6.70. The molecule has 5 nitrogen and oxygen atoms in total. The van der Waals surface area contributed by atoms with E-state index in [4.69, 9.17) is 10.2 Å². The Morgan fingerprint density at radius 3 is 3.00 bits per heavy atom. The standard InChI is InChI=1S/C9H6N2O3/c10-8(13)6-4-14-9-5(7(6)12)2-1-3-11-9/h1-4H,(H2,10,13). The van der Waals surface area contributed by atoms with Gasteiger partial charge in [-0.15, -0.1) is 0 Å². The highest BCUT2D eigenvalue weighted by molar-refractivity contribution is 5.94. The van der Waals surface area contributed by atoms with E-state index >= 15 is 0 Å². The van der Waals surface area contributed by atoms with Crippen molar-refractivity contribution in [2.45, 2.75) is 0 Å².